The van der Waals surface area contributed by atoms with Crippen LogP contribution in [0.3, 0.4) is 0 Å². The molecule has 796 valence electrons. The minimum Gasteiger partial charge on any atom is -0.284 e. The first-order valence-corrected chi connectivity index (χ1v) is 62.3. The van der Waals surface area contributed by atoms with E-state index in [9.17, 15) is 84.2 Å². The molecule has 10 N–H and O–H groups in total. The van der Waals surface area contributed by atoms with Crippen molar-refractivity contribution in [3.8, 4) is 11.1 Å². The van der Waals surface area contributed by atoms with Gasteiger partial charge in [-0.1, -0.05) is 338 Å². The molecule has 0 aromatic heterocycles. The molecule has 15 aromatic rings. The lowest BCUT2D eigenvalue weighted by molar-refractivity contribution is 0.579. The number of hydrogen-bond donors (Lipinski definition) is 10. The molecular formula is C109H130N10O20S10. The van der Waals surface area contributed by atoms with Gasteiger partial charge in [0, 0.05) is 34.7 Å². The van der Waals surface area contributed by atoms with Crippen LogP contribution in [0.15, 0.2) is 424 Å². The Morgan fingerprint density at radius 2 is 0.550 bits per heavy atom. The van der Waals surface area contributed by atoms with Gasteiger partial charge in [0.2, 0.25) is 60.1 Å². The minimum atomic E-state index is -3.59. The van der Waals surface area contributed by atoms with E-state index < -0.39 is 100 Å². The highest BCUT2D eigenvalue weighted by molar-refractivity contribution is 7.94. The number of nitrogens with one attached hydrogen (secondary N) is 10. The average molecular weight is 2220 g/mol. The Morgan fingerprint density at radius 1 is 0.255 bits per heavy atom. The highest BCUT2D eigenvalue weighted by Gasteiger charge is 2.27. The molecule has 15 rings (SSSR count). The van der Waals surface area contributed by atoms with Crippen molar-refractivity contribution < 1.29 is 84.2 Å². The highest BCUT2D eigenvalue weighted by atomic mass is 32.2. The Bertz CT molecular complexity index is 7870. The number of fused-ring (bicyclic) bond motifs is 1. The second kappa shape index (κ2) is 59.3. The Kier molecular flexibility index (Phi) is 49.6. The van der Waals surface area contributed by atoms with Gasteiger partial charge in [-0.3, -0.25) is 23.6 Å². The molecule has 149 heavy (non-hydrogen) atoms. The van der Waals surface area contributed by atoms with Crippen molar-refractivity contribution in [1.82, 2.24) is 23.6 Å². The van der Waals surface area contributed by atoms with Crippen LogP contribution in [0.25, 0.3) is 21.9 Å². The van der Waals surface area contributed by atoms with Gasteiger partial charge in [0.15, 0.2) is 0 Å². The maximum atomic E-state index is 12.5. The van der Waals surface area contributed by atoms with Gasteiger partial charge >= 0.3 is 0 Å². The SMILES string of the molecule is CNS(=O)(=O)c1c(C(C)C)cc(C(C)C)cc1C(C)C.CNS(=O)(=O)c1ccccc1.CNS(C)(=O)=O.CNS(C)(=O)=O.CS(=O)(=O)Nc1ccccc1.Cc1cc(C)c(NS(=O)(=O)c2ccccc2)c(C)c1.O=S(=O)(Cc1ccccc1)NCc1ccccc1.O=S(=O)(Nc1ccccc1)c1ccc(-c2ccccc2)cc1.O=S(=O)(Nc1ccccc1)c1cccc2ccccc12.O=S(=O)(Nc1ccccc1)c1ccccc1. The second-order valence-electron chi connectivity index (χ2n) is 33.8. The summed E-state index contributed by atoms with van der Waals surface area (Å²) in [7, 11) is -27.5. The summed E-state index contributed by atoms with van der Waals surface area (Å²) in [5, 5.41) is 1.63. The predicted molar refractivity (Wildman–Crippen MR) is 605 cm³/mol. The van der Waals surface area contributed by atoms with Gasteiger partial charge in [-0.05, 0) is 225 Å². The summed E-state index contributed by atoms with van der Waals surface area (Å²) in [5.74, 6) is 0.741. The van der Waals surface area contributed by atoms with Crippen molar-refractivity contribution in [3.05, 3.63) is 439 Å². The van der Waals surface area contributed by atoms with Gasteiger partial charge in [0.05, 0.1) is 59.6 Å². The van der Waals surface area contributed by atoms with E-state index in [1.165, 1.54) is 33.8 Å². The van der Waals surface area contributed by atoms with Crippen molar-refractivity contribution in [3.63, 3.8) is 0 Å². The average Bonchev–Trinajstić information content (AvgIpc) is 0.773. The zero-order chi connectivity index (χ0) is 110. The maximum absolute atomic E-state index is 12.5. The van der Waals surface area contributed by atoms with Crippen molar-refractivity contribution in [2.45, 2.75) is 122 Å². The van der Waals surface area contributed by atoms with Crippen LogP contribution < -0.4 is 47.2 Å². The molecular weight excluding hydrogens is 2090 g/mol. The maximum Gasteiger partial charge on any atom is 0.262 e. The lowest BCUT2D eigenvalue weighted by Crippen LogP contribution is -2.24. The predicted octanol–water partition coefficient (Wildman–Crippen LogP) is 19.9. The Balaban J connectivity index is 0.000000258. The molecule has 0 fully saturated rings. The van der Waals surface area contributed by atoms with Gasteiger partial charge < -0.3 is 0 Å². The molecule has 30 nitrogen and oxygen atoms in total. The number of para-hydroxylation sites is 4. The van der Waals surface area contributed by atoms with Crippen LogP contribution in [0.5, 0.6) is 0 Å². The van der Waals surface area contributed by atoms with E-state index in [4.69, 9.17) is 0 Å². The lowest BCUT2D eigenvalue weighted by Gasteiger charge is -2.22. The fourth-order valence-electron chi connectivity index (χ4n) is 13.2. The van der Waals surface area contributed by atoms with Crippen LogP contribution in [0.1, 0.15) is 104 Å². The molecule has 0 aliphatic rings. The van der Waals surface area contributed by atoms with Crippen LogP contribution in [0.4, 0.5) is 28.4 Å². The van der Waals surface area contributed by atoms with Crippen molar-refractivity contribution in [1.29, 1.82) is 0 Å². The largest absolute Gasteiger partial charge is 0.284 e. The third-order valence-electron chi connectivity index (χ3n) is 20.7. The monoisotopic (exact) mass is 2220 g/mol. The summed E-state index contributed by atoms with van der Waals surface area (Å²) < 4.78 is 254. The zero-order valence-electron chi connectivity index (χ0n) is 85.4. The van der Waals surface area contributed by atoms with E-state index in [0.29, 0.717) is 55.6 Å². The molecule has 0 unspecified atom stereocenters. The van der Waals surface area contributed by atoms with E-state index in [1.54, 1.807) is 212 Å². The molecule has 0 heterocycles. The van der Waals surface area contributed by atoms with E-state index in [0.717, 1.165) is 79.6 Å². The summed E-state index contributed by atoms with van der Waals surface area (Å²) in [6.07, 6.45) is 3.33. The summed E-state index contributed by atoms with van der Waals surface area (Å²) in [5.41, 5.74) is 12.7. The Morgan fingerprint density at radius 3 is 0.899 bits per heavy atom. The van der Waals surface area contributed by atoms with Crippen molar-refractivity contribution in [2.75, 3.05) is 70.6 Å². The molecule has 15 aromatic carbocycles. The molecule has 0 radical (unpaired) electrons. The van der Waals surface area contributed by atoms with Gasteiger partial charge in [-0.2, -0.15) is 0 Å². The summed E-state index contributed by atoms with van der Waals surface area (Å²) in [6.45, 7) is 18.6. The summed E-state index contributed by atoms with van der Waals surface area (Å²) >= 11 is 0. The number of aryl methyl sites for hydroxylation is 3. The van der Waals surface area contributed by atoms with E-state index >= 15 is 0 Å². The zero-order valence-corrected chi connectivity index (χ0v) is 93.6. The first-order valence-electron chi connectivity index (χ1n) is 46.1. The number of sulfonamides is 10. The standard InChI is InChI=1S/C18H15NO2S.C16H13NO2S.C16H27NO2S.C15H17NO2S.C14H15NO2S.C12H11NO2S.2C7H9NO2S.2C2H7NO2S/c20-22(21,19-17-9-5-2-6-10-17)18-13-11-16(12-14-18)15-7-3-1-4-8-15;18-20(19,17-14-9-2-1-3-10-14)16-12-6-8-13-7-4-5-11-15(13)16;1-10(2)13-8-14(11(3)4)16(20(18,19)17-7)15(9-13)12(5)6;1-11-9-12(2)15(13(3)10-11)16-19(17,18)14-7-5-4-6-8-14;16-18(17,12-14-9-5-2-6-10-14)15-11-13-7-3-1-4-8-13;14-16(15,12-9-5-2-6-10-12)13-11-7-3-1-4-8-11;1-11(9,10)8-7-5-3-2-4-6-7;1-8-11(9,10)7-5-3-2-4-6-7;2*1-3-6(2,4)5/h1-14,19H;1-12,17H;8-12,17H,1-7H3;4-10,16H,1-3H3;1-10,15H,11-12H2;1-10,13H;2*2-6,8H,1H3;2*3H,1-2H3. The van der Waals surface area contributed by atoms with Crippen LogP contribution in [-0.2, 0) is 113 Å². The highest BCUT2D eigenvalue weighted by Crippen LogP contribution is 2.36. The molecule has 0 aliphatic heterocycles. The third kappa shape index (κ3) is 45.1. The molecule has 0 bridgehead atoms. The second-order valence-corrected chi connectivity index (χ2v) is 51.6. The molecule has 0 spiro atoms. The van der Waals surface area contributed by atoms with Crippen LogP contribution in [0, 0.1) is 20.8 Å². The summed E-state index contributed by atoms with van der Waals surface area (Å²) in [6, 6.07) is 116. The molecule has 0 saturated carbocycles. The summed E-state index contributed by atoms with van der Waals surface area (Å²) in [4.78, 5) is 1.83. The Labute approximate surface area is 882 Å². The topological polar surface area (TPSA) is 462 Å². The van der Waals surface area contributed by atoms with E-state index in [-0.39, 0.29) is 32.3 Å². The fraction of sp³-hybridized carbons (Fsp3) is 0.193. The third-order valence-corrected chi connectivity index (χ3v) is 32.7. The Hall–Kier alpha value is -13.1. The molecule has 0 atom stereocenters. The molecule has 40 heteroatoms. The molecule has 0 aliphatic carbocycles. The van der Waals surface area contributed by atoms with Crippen LogP contribution in [-0.4, -0.2) is 131 Å². The number of anilines is 5. The van der Waals surface area contributed by atoms with Gasteiger partial charge in [-0.15, -0.1) is 0 Å². The number of hydrogen-bond acceptors (Lipinski definition) is 20. The molecule has 0 amide bonds. The normalized spacial score (nSPS) is 11.5. The van der Waals surface area contributed by atoms with Crippen molar-refractivity contribution in [2.24, 2.45) is 0 Å². The fourth-order valence-corrected chi connectivity index (χ4v) is 21.7. The van der Waals surface area contributed by atoms with Gasteiger partial charge in [0.1, 0.15) is 0 Å². The smallest absolute Gasteiger partial charge is 0.262 e. The van der Waals surface area contributed by atoms with Gasteiger partial charge in [-0.25, -0.2) is 108 Å². The van der Waals surface area contributed by atoms with Crippen LogP contribution >= 0.6 is 0 Å². The number of rotatable bonds is 29. The minimum absolute atomic E-state index is 0.0146. The molecule has 0 saturated heterocycles. The van der Waals surface area contributed by atoms with E-state index in [2.05, 4.69) is 61.1 Å². The van der Waals surface area contributed by atoms with Crippen LogP contribution in [0.2, 0.25) is 0 Å². The van der Waals surface area contributed by atoms with E-state index in [1.807, 2.05) is 230 Å². The first-order chi connectivity index (χ1) is 70.0. The first kappa shape index (κ1) is 125. The number of benzene rings is 15. The quantitative estimate of drug-likeness (QED) is 0.0208. The van der Waals surface area contributed by atoms with Gasteiger partial charge in [0.25, 0.3) is 40.1 Å². The lowest BCUT2D eigenvalue weighted by atomic mass is 9.89. The van der Waals surface area contributed by atoms with Crippen molar-refractivity contribution >= 4 is 139 Å².